The second-order valence-electron chi connectivity index (χ2n) is 5.18. The number of ether oxygens (including phenoxy) is 1. The molecule has 2 atom stereocenters. The Morgan fingerprint density at radius 2 is 2.20 bits per heavy atom. The van der Waals surface area contributed by atoms with Crippen LogP contribution in [0, 0.1) is 12.8 Å². The van der Waals surface area contributed by atoms with Crippen LogP contribution >= 0.6 is 0 Å². The Kier molecular flexibility index (Phi) is 4.27. The van der Waals surface area contributed by atoms with Gasteiger partial charge in [0, 0.05) is 13.1 Å². The van der Waals surface area contributed by atoms with Crippen LogP contribution in [0.5, 0.6) is 5.75 Å². The molecule has 108 valence electrons. The van der Waals surface area contributed by atoms with Crippen molar-refractivity contribution in [2.75, 3.05) is 13.1 Å². The lowest BCUT2D eigenvalue weighted by Crippen LogP contribution is -2.39. The summed E-state index contributed by atoms with van der Waals surface area (Å²) in [7, 11) is 0. The molecule has 5 heteroatoms. The van der Waals surface area contributed by atoms with Gasteiger partial charge in [0.05, 0.1) is 5.92 Å². The van der Waals surface area contributed by atoms with E-state index in [1.54, 1.807) is 17.9 Å². The van der Waals surface area contributed by atoms with E-state index in [-0.39, 0.29) is 12.5 Å². The van der Waals surface area contributed by atoms with Gasteiger partial charge in [-0.3, -0.25) is 9.59 Å². The van der Waals surface area contributed by atoms with Crippen LogP contribution in [0.15, 0.2) is 24.3 Å². The van der Waals surface area contributed by atoms with E-state index in [2.05, 4.69) is 0 Å². The largest absolute Gasteiger partial charge is 0.481 e. The molecular weight excluding hydrogens is 258 g/mol. The number of carbonyl (C=O) groups excluding carboxylic acids is 1. The van der Waals surface area contributed by atoms with Gasteiger partial charge in [-0.1, -0.05) is 12.1 Å². The lowest BCUT2D eigenvalue weighted by atomic mass is 10.1. The Morgan fingerprint density at radius 1 is 1.45 bits per heavy atom. The summed E-state index contributed by atoms with van der Waals surface area (Å²) >= 11 is 0. The molecule has 1 aliphatic heterocycles. The van der Waals surface area contributed by atoms with Crippen LogP contribution in [-0.2, 0) is 9.59 Å². The van der Waals surface area contributed by atoms with Crippen molar-refractivity contribution in [1.29, 1.82) is 0 Å². The highest BCUT2D eigenvalue weighted by Gasteiger charge is 2.33. The molecule has 1 fully saturated rings. The smallest absolute Gasteiger partial charge is 0.308 e. The van der Waals surface area contributed by atoms with Crippen LogP contribution < -0.4 is 4.74 Å². The van der Waals surface area contributed by atoms with Crippen molar-refractivity contribution in [3.8, 4) is 5.75 Å². The molecule has 2 rings (SSSR count). The maximum Gasteiger partial charge on any atom is 0.308 e. The summed E-state index contributed by atoms with van der Waals surface area (Å²) in [4.78, 5) is 24.7. The van der Waals surface area contributed by atoms with E-state index in [4.69, 9.17) is 9.84 Å². The van der Waals surface area contributed by atoms with Crippen LogP contribution in [0.3, 0.4) is 0 Å². The van der Waals surface area contributed by atoms with Crippen molar-refractivity contribution in [3.05, 3.63) is 29.8 Å². The van der Waals surface area contributed by atoms with E-state index in [0.717, 1.165) is 5.56 Å². The van der Waals surface area contributed by atoms with Gasteiger partial charge in [-0.15, -0.1) is 0 Å². The predicted octanol–water partition coefficient (Wildman–Crippen LogP) is 1.70. The first-order valence-corrected chi connectivity index (χ1v) is 6.72. The Balaban J connectivity index is 1.94. The minimum absolute atomic E-state index is 0.157. The number of aryl methyl sites for hydroxylation is 1. The molecule has 0 spiro atoms. The van der Waals surface area contributed by atoms with Crippen molar-refractivity contribution in [3.63, 3.8) is 0 Å². The highest BCUT2D eigenvalue weighted by Crippen LogP contribution is 2.19. The number of carbonyl (C=O) groups is 2. The van der Waals surface area contributed by atoms with Gasteiger partial charge in [-0.2, -0.15) is 0 Å². The average Bonchev–Trinajstić information content (AvgIpc) is 2.87. The lowest BCUT2D eigenvalue weighted by molar-refractivity contribution is -0.142. The van der Waals surface area contributed by atoms with Crippen molar-refractivity contribution in [2.45, 2.75) is 26.4 Å². The summed E-state index contributed by atoms with van der Waals surface area (Å²) in [6.07, 6.45) is -0.0949. The number of amides is 1. The molecule has 0 radical (unpaired) electrons. The summed E-state index contributed by atoms with van der Waals surface area (Å²) in [6.45, 7) is 4.41. The van der Waals surface area contributed by atoms with Crippen molar-refractivity contribution < 1.29 is 19.4 Å². The molecule has 1 amide bonds. The minimum atomic E-state index is -0.840. The predicted molar refractivity (Wildman–Crippen MR) is 73.6 cm³/mol. The Labute approximate surface area is 118 Å². The Bertz CT molecular complexity index is 514. The van der Waals surface area contributed by atoms with Gasteiger partial charge in [-0.05, 0) is 38.0 Å². The Hall–Kier alpha value is -2.04. The number of hydrogen-bond acceptors (Lipinski definition) is 3. The van der Waals surface area contributed by atoms with E-state index in [1.807, 2.05) is 25.1 Å². The van der Waals surface area contributed by atoms with Crippen molar-refractivity contribution in [2.24, 2.45) is 5.92 Å². The fourth-order valence-corrected chi connectivity index (χ4v) is 2.36. The summed E-state index contributed by atoms with van der Waals surface area (Å²) in [5.74, 6) is -0.798. The number of carboxylic acids is 1. The van der Waals surface area contributed by atoms with E-state index in [0.29, 0.717) is 18.7 Å². The van der Waals surface area contributed by atoms with Gasteiger partial charge in [0.25, 0.3) is 5.91 Å². The van der Waals surface area contributed by atoms with Gasteiger partial charge < -0.3 is 14.7 Å². The molecule has 5 nitrogen and oxygen atoms in total. The van der Waals surface area contributed by atoms with Gasteiger partial charge in [0.2, 0.25) is 0 Å². The molecule has 1 aliphatic rings. The zero-order valence-corrected chi connectivity index (χ0v) is 11.7. The average molecular weight is 277 g/mol. The first kappa shape index (κ1) is 14.4. The number of likely N-dealkylation sites (tertiary alicyclic amines) is 1. The standard InChI is InChI=1S/C15H19NO4/c1-10-4-3-5-13(8-10)20-11(2)14(17)16-7-6-12(9-16)15(18)19/h3-5,8,11-12H,6-7,9H2,1-2H3,(H,18,19). The first-order valence-electron chi connectivity index (χ1n) is 6.72. The van der Waals surface area contributed by atoms with Gasteiger partial charge in [-0.25, -0.2) is 0 Å². The van der Waals surface area contributed by atoms with Gasteiger partial charge in [0.15, 0.2) is 6.10 Å². The maximum absolute atomic E-state index is 12.2. The molecule has 2 unspecified atom stereocenters. The number of nitrogens with zero attached hydrogens (tertiary/aromatic N) is 1. The van der Waals surface area contributed by atoms with Crippen molar-refractivity contribution in [1.82, 2.24) is 4.90 Å². The fourth-order valence-electron chi connectivity index (χ4n) is 2.36. The summed E-state index contributed by atoms with van der Waals surface area (Å²) in [5.41, 5.74) is 1.06. The molecule has 1 aromatic carbocycles. The van der Waals surface area contributed by atoms with Crippen LogP contribution in [0.2, 0.25) is 0 Å². The molecule has 0 aromatic heterocycles. The highest BCUT2D eigenvalue weighted by molar-refractivity contribution is 5.82. The number of benzene rings is 1. The van der Waals surface area contributed by atoms with E-state index >= 15 is 0 Å². The molecule has 1 N–H and O–H groups in total. The van der Waals surface area contributed by atoms with Crippen LogP contribution in [0.25, 0.3) is 0 Å². The van der Waals surface area contributed by atoms with Crippen LogP contribution in [0.1, 0.15) is 18.9 Å². The minimum Gasteiger partial charge on any atom is -0.481 e. The summed E-state index contributed by atoms with van der Waals surface area (Å²) < 4.78 is 5.63. The fraction of sp³-hybridized carbons (Fsp3) is 0.467. The quantitative estimate of drug-likeness (QED) is 0.909. The third kappa shape index (κ3) is 3.29. The monoisotopic (exact) mass is 277 g/mol. The summed E-state index contributed by atoms with van der Waals surface area (Å²) in [5, 5.41) is 8.95. The van der Waals surface area contributed by atoms with Crippen molar-refractivity contribution >= 4 is 11.9 Å². The lowest BCUT2D eigenvalue weighted by Gasteiger charge is -2.21. The molecule has 0 aliphatic carbocycles. The Morgan fingerprint density at radius 3 is 2.80 bits per heavy atom. The zero-order valence-electron chi connectivity index (χ0n) is 11.7. The number of carboxylic acid groups (broad SMARTS) is 1. The second kappa shape index (κ2) is 5.94. The summed E-state index contributed by atoms with van der Waals surface area (Å²) in [6, 6.07) is 7.50. The number of aliphatic carboxylic acids is 1. The second-order valence-corrected chi connectivity index (χ2v) is 5.18. The maximum atomic E-state index is 12.2. The molecule has 0 bridgehead atoms. The van der Waals surface area contributed by atoms with Gasteiger partial charge >= 0.3 is 5.97 Å². The van der Waals surface area contributed by atoms with Gasteiger partial charge in [0.1, 0.15) is 5.75 Å². The van der Waals surface area contributed by atoms with Crippen LogP contribution in [0.4, 0.5) is 0 Å². The third-order valence-electron chi connectivity index (χ3n) is 3.50. The zero-order chi connectivity index (χ0) is 14.7. The third-order valence-corrected chi connectivity index (χ3v) is 3.50. The molecule has 1 saturated heterocycles. The van der Waals surface area contributed by atoms with E-state index in [1.165, 1.54) is 0 Å². The SMILES string of the molecule is Cc1cccc(OC(C)C(=O)N2CCC(C(=O)O)C2)c1. The number of hydrogen-bond donors (Lipinski definition) is 1. The number of rotatable bonds is 4. The normalized spacial score (nSPS) is 19.7. The van der Waals surface area contributed by atoms with Crippen LogP contribution in [-0.4, -0.2) is 41.1 Å². The highest BCUT2D eigenvalue weighted by atomic mass is 16.5. The van der Waals surface area contributed by atoms with E-state index in [9.17, 15) is 9.59 Å². The molecular formula is C15H19NO4. The molecule has 1 aromatic rings. The molecule has 0 saturated carbocycles. The van der Waals surface area contributed by atoms with E-state index < -0.39 is 18.0 Å². The molecule has 20 heavy (non-hydrogen) atoms. The molecule has 1 heterocycles. The first-order chi connectivity index (χ1) is 9.47. The topological polar surface area (TPSA) is 66.8 Å².